The number of carbonyl (C=O) groups is 1. The Kier molecular flexibility index (Phi) is 2.48. The zero-order valence-electron chi connectivity index (χ0n) is 5.54. The number of thiol groups is 1. The van der Waals surface area contributed by atoms with E-state index in [9.17, 15) is 9.18 Å². The summed E-state index contributed by atoms with van der Waals surface area (Å²) in [5.41, 5.74) is 0.534. The lowest BCUT2D eigenvalue weighted by atomic mass is 10.3. The van der Waals surface area contributed by atoms with Gasteiger partial charge in [0, 0.05) is 5.69 Å². The Bertz CT molecular complexity index is 260. The van der Waals surface area contributed by atoms with Crippen molar-refractivity contribution in [1.82, 2.24) is 0 Å². The standard InChI is InChI=1S/C7H6FNOS/c8-5-1-3-6(4-2-5)9-7(10)11/h1-4H,(H2,9,10,11). The molecule has 0 aliphatic carbocycles. The predicted octanol–water partition coefficient (Wildman–Crippen LogP) is 2.29. The molecule has 0 spiro atoms. The second-order valence-electron chi connectivity index (χ2n) is 1.94. The lowest BCUT2D eigenvalue weighted by Gasteiger charge is -1.98. The van der Waals surface area contributed by atoms with Crippen molar-refractivity contribution in [3.05, 3.63) is 30.1 Å². The molecule has 1 N–H and O–H groups in total. The van der Waals surface area contributed by atoms with Crippen LogP contribution in [0.1, 0.15) is 0 Å². The van der Waals surface area contributed by atoms with Crippen molar-refractivity contribution in [2.75, 3.05) is 5.32 Å². The van der Waals surface area contributed by atoms with Crippen LogP contribution in [0.15, 0.2) is 24.3 Å². The second-order valence-corrected chi connectivity index (χ2v) is 2.34. The highest BCUT2D eigenvalue weighted by molar-refractivity contribution is 7.96. The van der Waals surface area contributed by atoms with Crippen molar-refractivity contribution < 1.29 is 9.18 Å². The third kappa shape index (κ3) is 2.59. The molecule has 0 aromatic heterocycles. The predicted molar refractivity (Wildman–Crippen MR) is 44.4 cm³/mol. The monoisotopic (exact) mass is 171 g/mol. The van der Waals surface area contributed by atoms with Gasteiger partial charge in [0.15, 0.2) is 0 Å². The quantitative estimate of drug-likeness (QED) is 0.623. The molecule has 11 heavy (non-hydrogen) atoms. The van der Waals surface area contributed by atoms with Gasteiger partial charge in [0.25, 0.3) is 5.24 Å². The van der Waals surface area contributed by atoms with Crippen LogP contribution in [0.4, 0.5) is 14.9 Å². The molecule has 1 aromatic rings. The minimum absolute atomic E-state index is 0.331. The molecule has 58 valence electrons. The smallest absolute Gasteiger partial charge is 0.280 e. The fourth-order valence-electron chi connectivity index (χ4n) is 0.657. The molecule has 1 rings (SSSR count). The minimum atomic E-state index is -0.461. The lowest BCUT2D eigenvalue weighted by molar-refractivity contribution is 0.270. The van der Waals surface area contributed by atoms with Crippen LogP contribution < -0.4 is 5.32 Å². The SMILES string of the molecule is O=C(S)Nc1ccc(F)cc1. The van der Waals surface area contributed by atoms with E-state index in [0.717, 1.165) is 0 Å². The highest BCUT2D eigenvalue weighted by Gasteiger charge is 1.94. The van der Waals surface area contributed by atoms with E-state index in [1.165, 1.54) is 24.3 Å². The van der Waals surface area contributed by atoms with Crippen LogP contribution in [0.5, 0.6) is 0 Å². The van der Waals surface area contributed by atoms with E-state index in [1.54, 1.807) is 0 Å². The van der Waals surface area contributed by atoms with Crippen molar-refractivity contribution in [2.45, 2.75) is 0 Å². The summed E-state index contributed by atoms with van der Waals surface area (Å²) in [5, 5.41) is 1.93. The number of benzene rings is 1. The van der Waals surface area contributed by atoms with Gasteiger partial charge in [-0.05, 0) is 24.3 Å². The van der Waals surface area contributed by atoms with Crippen molar-refractivity contribution in [3.63, 3.8) is 0 Å². The van der Waals surface area contributed by atoms with Gasteiger partial charge in [0.05, 0.1) is 0 Å². The largest absolute Gasteiger partial charge is 0.317 e. The van der Waals surface area contributed by atoms with Gasteiger partial charge in [0.2, 0.25) is 0 Å². The Hall–Kier alpha value is -1.03. The molecule has 1 amide bonds. The number of rotatable bonds is 1. The molecule has 0 saturated carbocycles. The van der Waals surface area contributed by atoms with Crippen molar-refractivity contribution in [3.8, 4) is 0 Å². The Labute approximate surface area is 68.8 Å². The number of carbonyl (C=O) groups excluding carboxylic acids is 1. The number of hydrogen-bond donors (Lipinski definition) is 2. The third-order valence-electron chi connectivity index (χ3n) is 1.10. The first-order valence-corrected chi connectivity index (χ1v) is 3.39. The van der Waals surface area contributed by atoms with E-state index in [0.29, 0.717) is 5.69 Å². The highest BCUT2D eigenvalue weighted by Crippen LogP contribution is 2.08. The van der Waals surface area contributed by atoms with Crippen LogP contribution in [0.2, 0.25) is 0 Å². The average molecular weight is 171 g/mol. The van der Waals surface area contributed by atoms with Crippen molar-refractivity contribution >= 4 is 23.6 Å². The van der Waals surface area contributed by atoms with Crippen LogP contribution in [0.25, 0.3) is 0 Å². The van der Waals surface area contributed by atoms with Gasteiger partial charge in [-0.1, -0.05) is 12.6 Å². The molecule has 1 aromatic carbocycles. The second kappa shape index (κ2) is 3.39. The highest BCUT2D eigenvalue weighted by atomic mass is 32.1. The summed E-state index contributed by atoms with van der Waals surface area (Å²) < 4.78 is 12.3. The maximum absolute atomic E-state index is 12.3. The summed E-state index contributed by atoms with van der Waals surface area (Å²) in [5.74, 6) is -0.331. The maximum Gasteiger partial charge on any atom is 0.280 e. The van der Waals surface area contributed by atoms with Crippen LogP contribution >= 0.6 is 12.6 Å². The molecular weight excluding hydrogens is 165 g/mol. The van der Waals surface area contributed by atoms with Crippen molar-refractivity contribution in [1.29, 1.82) is 0 Å². The van der Waals surface area contributed by atoms with Gasteiger partial charge in [0.1, 0.15) is 5.82 Å². The van der Waals surface area contributed by atoms with Crippen LogP contribution in [0.3, 0.4) is 0 Å². The van der Waals surface area contributed by atoms with E-state index in [-0.39, 0.29) is 5.82 Å². The summed E-state index contributed by atoms with van der Waals surface area (Å²) in [4.78, 5) is 10.4. The first-order valence-electron chi connectivity index (χ1n) is 2.94. The third-order valence-corrected chi connectivity index (χ3v) is 1.21. The molecule has 0 aliphatic heterocycles. The fraction of sp³-hybridized carbons (Fsp3) is 0. The summed E-state index contributed by atoms with van der Waals surface area (Å²) in [7, 11) is 0. The Balaban J connectivity index is 2.74. The molecule has 0 heterocycles. The summed E-state index contributed by atoms with van der Waals surface area (Å²) >= 11 is 3.49. The Morgan fingerprint density at radius 1 is 1.36 bits per heavy atom. The zero-order chi connectivity index (χ0) is 8.27. The number of anilines is 1. The molecule has 0 radical (unpaired) electrons. The molecule has 0 fully saturated rings. The van der Waals surface area contributed by atoms with Gasteiger partial charge in [-0.3, -0.25) is 4.79 Å². The van der Waals surface area contributed by atoms with Crippen LogP contribution in [0, 0.1) is 5.82 Å². The Morgan fingerprint density at radius 3 is 2.36 bits per heavy atom. The number of hydrogen-bond acceptors (Lipinski definition) is 1. The first-order chi connectivity index (χ1) is 5.18. The van der Waals surface area contributed by atoms with Gasteiger partial charge in [-0.15, -0.1) is 0 Å². The first kappa shape index (κ1) is 8.07. The van der Waals surface area contributed by atoms with Gasteiger partial charge in [-0.2, -0.15) is 0 Å². The van der Waals surface area contributed by atoms with Gasteiger partial charge in [-0.25, -0.2) is 4.39 Å². The summed E-state index contributed by atoms with van der Waals surface area (Å²) in [6.07, 6.45) is 0. The van der Waals surface area contributed by atoms with E-state index in [1.807, 2.05) is 0 Å². The van der Waals surface area contributed by atoms with Crippen LogP contribution in [-0.2, 0) is 0 Å². The summed E-state index contributed by atoms with van der Waals surface area (Å²) in [6.45, 7) is 0. The van der Waals surface area contributed by atoms with E-state index in [4.69, 9.17) is 0 Å². The maximum atomic E-state index is 12.3. The number of nitrogens with one attached hydrogen (secondary N) is 1. The zero-order valence-corrected chi connectivity index (χ0v) is 6.44. The van der Waals surface area contributed by atoms with Gasteiger partial charge >= 0.3 is 0 Å². The topological polar surface area (TPSA) is 29.1 Å². The molecule has 0 saturated heterocycles. The number of amides is 1. The van der Waals surface area contributed by atoms with E-state index < -0.39 is 5.24 Å². The Morgan fingerprint density at radius 2 is 1.91 bits per heavy atom. The molecule has 4 heteroatoms. The van der Waals surface area contributed by atoms with E-state index >= 15 is 0 Å². The lowest BCUT2D eigenvalue weighted by Crippen LogP contribution is -2.00. The molecular formula is C7H6FNOS. The molecule has 0 aliphatic rings. The summed E-state index contributed by atoms with van der Waals surface area (Å²) in [6, 6.07) is 5.45. The molecule has 0 unspecified atom stereocenters. The normalized spacial score (nSPS) is 9.27. The molecule has 2 nitrogen and oxygen atoms in total. The average Bonchev–Trinajstić information content (AvgIpc) is 1.93. The molecule has 0 atom stereocenters. The van der Waals surface area contributed by atoms with E-state index in [2.05, 4.69) is 17.9 Å². The minimum Gasteiger partial charge on any atom is -0.317 e. The van der Waals surface area contributed by atoms with Crippen LogP contribution in [-0.4, -0.2) is 5.24 Å². The van der Waals surface area contributed by atoms with Crippen molar-refractivity contribution in [2.24, 2.45) is 0 Å². The number of halogens is 1. The van der Waals surface area contributed by atoms with Gasteiger partial charge < -0.3 is 5.32 Å². The molecule has 0 bridgehead atoms. The fourth-order valence-corrected chi connectivity index (χ4v) is 0.786.